The lowest BCUT2D eigenvalue weighted by molar-refractivity contribution is 0.0351. The Kier molecular flexibility index (Phi) is 9.31. The van der Waals surface area contributed by atoms with Crippen LogP contribution in [0.5, 0.6) is 5.88 Å². The van der Waals surface area contributed by atoms with Crippen molar-refractivity contribution in [3.05, 3.63) is 59.3 Å². The maximum absolute atomic E-state index is 13.5. The first kappa shape index (κ1) is 27.0. The van der Waals surface area contributed by atoms with Crippen LogP contribution in [0.25, 0.3) is 0 Å². The molecular formula is C28H36N4O4. The highest BCUT2D eigenvalue weighted by atomic mass is 16.5. The van der Waals surface area contributed by atoms with Crippen LogP contribution in [0, 0.1) is 17.8 Å². The van der Waals surface area contributed by atoms with Gasteiger partial charge in [0.2, 0.25) is 5.88 Å². The van der Waals surface area contributed by atoms with Crippen LogP contribution in [-0.2, 0) is 6.42 Å². The van der Waals surface area contributed by atoms with Crippen molar-refractivity contribution < 1.29 is 19.4 Å². The number of carbonyl (C=O) groups is 2. The van der Waals surface area contributed by atoms with Crippen molar-refractivity contribution in [3.8, 4) is 17.7 Å². The Labute approximate surface area is 213 Å². The molecule has 3 atom stereocenters. The fourth-order valence-corrected chi connectivity index (χ4v) is 3.94. The molecule has 8 nitrogen and oxygen atoms in total. The van der Waals surface area contributed by atoms with Gasteiger partial charge in [-0.05, 0) is 32.4 Å². The van der Waals surface area contributed by atoms with Gasteiger partial charge in [0, 0.05) is 43.7 Å². The van der Waals surface area contributed by atoms with E-state index in [0.717, 1.165) is 5.56 Å². The van der Waals surface area contributed by atoms with Crippen LogP contribution in [0.4, 0.5) is 4.79 Å². The summed E-state index contributed by atoms with van der Waals surface area (Å²) in [7, 11) is 1.71. The Morgan fingerprint density at radius 3 is 2.69 bits per heavy atom. The molecule has 1 aliphatic heterocycles. The van der Waals surface area contributed by atoms with Gasteiger partial charge in [-0.3, -0.25) is 4.79 Å². The molecule has 3 rings (SSSR count). The number of ether oxygens (including phenoxy) is 1. The van der Waals surface area contributed by atoms with E-state index >= 15 is 0 Å². The van der Waals surface area contributed by atoms with Crippen molar-refractivity contribution >= 4 is 11.9 Å². The number of aromatic nitrogens is 1. The predicted molar refractivity (Wildman–Crippen MR) is 139 cm³/mol. The second-order valence-electron chi connectivity index (χ2n) is 9.65. The first-order chi connectivity index (χ1) is 17.2. The van der Waals surface area contributed by atoms with E-state index in [-0.39, 0.29) is 42.4 Å². The number of pyridine rings is 1. The molecule has 192 valence electrons. The van der Waals surface area contributed by atoms with Crippen LogP contribution >= 0.6 is 0 Å². The van der Waals surface area contributed by atoms with E-state index in [1.165, 1.54) is 0 Å². The molecule has 1 aliphatic rings. The topological polar surface area (TPSA) is 95.0 Å². The third-order valence-electron chi connectivity index (χ3n) is 6.10. The van der Waals surface area contributed by atoms with Crippen molar-refractivity contribution in [3.63, 3.8) is 0 Å². The predicted octanol–water partition coefficient (Wildman–Crippen LogP) is 2.95. The van der Waals surface area contributed by atoms with E-state index in [0.29, 0.717) is 30.6 Å². The zero-order chi connectivity index (χ0) is 26.2. The van der Waals surface area contributed by atoms with E-state index in [2.05, 4.69) is 22.1 Å². The minimum atomic E-state index is -0.407. The molecule has 0 unspecified atom stereocenters. The molecule has 0 bridgehead atoms. The molecule has 36 heavy (non-hydrogen) atoms. The normalized spacial score (nSPS) is 18.2. The SMILES string of the molecule is CC(C)NC(=O)N(C)C[C@H]1Oc2ncc(C#CCc3ccccc3)cc2C(=O)N([C@H](C)CO)C[C@@H]1C. The van der Waals surface area contributed by atoms with E-state index in [4.69, 9.17) is 4.74 Å². The van der Waals surface area contributed by atoms with E-state index in [9.17, 15) is 14.7 Å². The molecular weight excluding hydrogens is 456 g/mol. The smallest absolute Gasteiger partial charge is 0.317 e. The number of likely N-dealkylation sites (N-methyl/N-ethyl adjacent to an activating group) is 1. The molecule has 1 aromatic carbocycles. The average molecular weight is 493 g/mol. The van der Waals surface area contributed by atoms with Crippen molar-refractivity contribution in [2.75, 3.05) is 26.7 Å². The third kappa shape index (κ3) is 6.98. The molecule has 0 saturated heterocycles. The average Bonchev–Trinajstić information content (AvgIpc) is 2.86. The Bertz CT molecular complexity index is 1110. The Morgan fingerprint density at radius 1 is 1.31 bits per heavy atom. The van der Waals surface area contributed by atoms with Crippen LogP contribution in [0.15, 0.2) is 42.6 Å². The fraction of sp³-hybridized carbons (Fsp3) is 0.464. The second-order valence-corrected chi connectivity index (χ2v) is 9.65. The van der Waals surface area contributed by atoms with Crippen molar-refractivity contribution in [2.24, 2.45) is 5.92 Å². The number of aliphatic hydroxyl groups is 1. The van der Waals surface area contributed by atoms with Gasteiger partial charge < -0.3 is 25.0 Å². The molecule has 0 saturated carbocycles. The molecule has 0 aliphatic carbocycles. The number of benzene rings is 1. The minimum Gasteiger partial charge on any atom is -0.472 e. The number of carbonyl (C=O) groups excluding carboxylic acids is 2. The lowest BCUT2D eigenvalue weighted by Crippen LogP contribution is -2.51. The number of urea groups is 1. The van der Waals surface area contributed by atoms with E-state index in [1.807, 2.05) is 51.1 Å². The lowest BCUT2D eigenvalue weighted by atomic mass is 10.00. The Balaban J connectivity index is 1.90. The van der Waals surface area contributed by atoms with Crippen molar-refractivity contribution in [1.82, 2.24) is 20.1 Å². The van der Waals surface area contributed by atoms with E-state index < -0.39 is 6.10 Å². The Morgan fingerprint density at radius 2 is 2.03 bits per heavy atom. The monoisotopic (exact) mass is 492 g/mol. The number of amides is 3. The number of aliphatic hydroxyl groups excluding tert-OH is 1. The standard InChI is InChI=1S/C28H36N4O4/c1-19(2)30-28(35)31(5)17-25-20(3)16-32(21(4)18-33)27(34)24-14-23(15-29-26(24)36-25)13-9-12-22-10-7-6-8-11-22/h6-8,10-11,14-15,19-21,25,33H,12,16-18H2,1-5H3,(H,30,35)/t20-,21+,25+/m0/s1. The number of nitrogens with one attached hydrogen (secondary N) is 1. The molecule has 0 spiro atoms. The molecule has 0 fully saturated rings. The van der Waals surface area contributed by atoms with Gasteiger partial charge in [-0.1, -0.05) is 49.1 Å². The summed E-state index contributed by atoms with van der Waals surface area (Å²) in [6.07, 6.45) is 1.78. The van der Waals surface area contributed by atoms with Gasteiger partial charge in [0.05, 0.1) is 19.2 Å². The quantitative estimate of drug-likeness (QED) is 0.605. The van der Waals surface area contributed by atoms with E-state index in [1.54, 1.807) is 36.0 Å². The van der Waals surface area contributed by atoms with Gasteiger partial charge in [-0.25, -0.2) is 9.78 Å². The zero-order valence-corrected chi connectivity index (χ0v) is 21.7. The fourth-order valence-electron chi connectivity index (χ4n) is 3.94. The summed E-state index contributed by atoms with van der Waals surface area (Å²) in [5.41, 5.74) is 2.01. The first-order valence-electron chi connectivity index (χ1n) is 12.3. The molecule has 2 N–H and O–H groups in total. The summed E-state index contributed by atoms with van der Waals surface area (Å²) in [6.45, 7) is 8.10. The second kappa shape index (κ2) is 12.4. The molecule has 2 heterocycles. The van der Waals surface area contributed by atoms with Crippen LogP contribution < -0.4 is 10.1 Å². The zero-order valence-electron chi connectivity index (χ0n) is 21.7. The molecule has 3 amide bonds. The third-order valence-corrected chi connectivity index (χ3v) is 6.10. The number of nitrogens with zero attached hydrogens (tertiary/aromatic N) is 3. The van der Waals surface area contributed by atoms with Gasteiger partial charge >= 0.3 is 6.03 Å². The van der Waals surface area contributed by atoms with Gasteiger partial charge in [-0.15, -0.1) is 0 Å². The van der Waals surface area contributed by atoms with Gasteiger partial charge in [0.15, 0.2) is 0 Å². The Hall–Kier alpha value is -3.57. The minimum absolute atomic E-state index is 0.0120. The lowest BCUT2D eigenvalue weighted by Gasteiger charge is -2.37. The largest absolute Gasteiger partial charge is 0.472 e. The highest BCUT2D eigenvalue weighted by Crippen LogP contribution is 2.27. The summed E-state index contributed by atoms with van der Waals surface area (Å²) in [5, 5.41) is 12.7. The molecule has 0 radical (unpaired) electrons. The summed E-state index contributed by atoms with van der Waals surface area (Å²) < 4.78 is 6.24. The van der Waals surface area contributed by atoms with Gasteiger partial charge in [0.1, 0.15) is 11.7 Å². The van der Waals surface area contributed by atoms with Gasteiger partial charge in [0.25, 0.3) is 5.91 Å². The number of fused-ring (bicyclic) bond motifs is 1. The van der Waals surface area contributed by atoms with Crippen molar-refractivity contribution in [2.45, 2.75) is 52.3 Å². The summed E-state index contributed by atoms with van der Waals surface area (Å²) >= 11 is 0. The maximum Gasteiger partial charge on any atom is 0.317 e. The molecule has 8 heteroatoms. The van der Waals surface area contributed by atoms with Crippen LogP contribution in [0.2, 0.25) is 0 Å². The first-order valence-corrected chi connectivity index (χ1v) is 12.3. The highest BCUT2D eigenvalue weighted by Gasteiger charge is 2.34. The van der Waals surface area contributed by atoms with Crippen LogP contribution in [0.1, 0.15) is 49.2 Å². The van der Waals surface area contributed by atoms with Crippen LogP contribution in [-0.4, -0.2) is 76.8 Å². The van der Waals surface area contributed by atoms with Crippen molar-refractivity contribution in [1.29, 1.82) is 0 Å². The maximum atomic E-state index is 13.5. The summed E-state index contributed by atoms with van der Waals surface area (Å²) in [6, 6.07) is 11.1. The van der Waals surface area contributed by atoms with Crippen LogP contribution in [0.3, 0.4) is 0 Å². The number of hydrogen-bond acceptors (Lipinski definition) is 5. The summed E-state index contributed by atoms with van der Waals surface area (Å²) in [4.78, 5) is 33.7. The molecule has 2 aromatic rings. The number of hydrogen-bond donors (Lipinski definition) is 2. The molecule has 1 aromatic heterocycles. The highest BCUT2D eigenvalue weighted by molar-refractivity contribution is 5.97. The summed E-state index contributed by atoms with van der Waals surface area (Å²) in [5.74, 6) is 6.06. The van der Waals surface area contributed by atoms with Gasteiger partial charge in [-0.2, -0.15) is 0 Å². The number of rotatable bonds is 6.